The van der Waals surface area contributed by atoms with Gasteiger partial charge in [0.2, 0.25) is 5.90 Å². The number of aromatic nitrogens is 3. The Balaban J connectivity index is 1.55. The summed E-state index contributed by atoms with van der Waals surface area (Å²) in [6, 6.07) is 7.68. The molecular formula is C21H24N8O3. The molecule has 2 aromatic heterocycles. The van der Waals surface area contributed by atoms with Gasteiger partial charge in [0.1, 0.15) is 5.69 Å². The monoisotopic (exact) mass is 436 g/mol. The van der Waals surface area contributed by atoms with Crippen LogP contribution in [0, 0.1) is 6.92 Å². The predicted octanol–water partition coefficient (Wildman–Crippen LogP) is 2.05. The van der Waals surface area contributed by atoms with Crippen molar-refractivity contribution in [2.45, 2.75) is 26.9 Å². The first-order chi connectivity index (χ1) is 15.3. The van der Waals surface area contributed by atoms with Gasteiger partial charge in [0, 0.05) is 34.8 Å². The molecule has 1 atom stereocenters. The Kier molecular flexibility index (Phi) is 5.75. The highest BCUT2D eigenvalue weighted by Crippen LogP contribution is 2.26. The van der Waals surface area contributed by atoms with Crippen LogP contribution in [-0.4, -0.2) is 45.4 Å². The van der Waals surface area contributed by atoms with Crippen molar-refractivity contribution in [3.05, 3.63) is 53.8 Å². The lowest BCUT2D eigenvalue weighted by atomic mass is 10.1. The molecule has 0 fully saturated rings. The van der Waals surface area contributed by atoms with E-state index in [1.54, 1.807) is 13.8 Å². The van der Waals surface area contributed by atoms with Gasteiger partial charge in [-0.25, -0.2) is 15.0 Å². The number of fused-ring (bicyclic) bond motifs is 1. The molecule has 0 bridgehead atoms. The van der Waals surface area contributed by atoms with E-state index in [-0.39, 0.29) is 30.3 Å². The van der Waals surface area contributed by atoms with E-state index in [4.69, 9.17) is 15.6 Å². The van der Waals surface area contributed by atoms with Gasteiger partial charge in [0.25, 0.3) is 11.8 Å². The summed E-state index contributed by atoms with van der Waals surface area (Å²) in [6.45, 7) is 9.37. The quantitative estimate of drug-likeness (QED) is 0.226. The Labute approximate surface area is 183 Å². The number of nitrogens with zero attached hydrogens (tertiary/aromatic N) is 3. The van der Waals surface area contributed by atoms with Gasteiger partial charge in [0.15, 0.2) is 12.0 Å². The van der Waals surface area contributed by atoms with Gasteiger partial charge in [-0.3, -0.25) is 4.79 Å². The molecule has 6 N–H and O–H groups in total. The van der Waals surface area contributed by atoms with E-state index in [1.165, 1.54) is 0 Å². The first kappa shape index (κ1) is 21.3. The molecular weight excluding hydrogens is 412 g/mol. The molecule has 11 nitrogen and oxygen atoms in total. The number of hydrogen-bond donors (Lipinski definition) is 5. The van der Waals surface area contributed by atoms with Crippen molar-refractivity contribution in [1.29, 1.82) is 0 Å². The fourth-order valence-corrected chi connectivity index (χ4v) is 3.35. The van der Waals surface area contributed by atoms with E-state index in [9.17, 15) is 4.79 Å². The number of hydroxylamine groups is 1. The molecule has 1 aliphatic heterocycles. The number of amides is 1. The fourth-order valence-electron chi connectivity index (χ4n) is 3.35. The van der Waals surface area contributed by atoms with Crippen LogP contribution in [0.3, 0.4) is 0 Å². The molecule has 0 radical (unpaired) electrons. The maximum absolute atomic E-state index is 12.5. The average Bonchev–Trinajstić information content (AvgIpc) is 3.47. The Hall–Kier alpha value is -3.96. The molecule has 32 heavy (non-hydrogen) atoms. The summed E-state index contributed by atoms with van der Waals surface area (Å²) in [5.74, 6) is 6.02. The number of aliphatic imine (C=N–C) groups is 2. The molecule has 1 unspecified atom stereocenters. The molecule has 0 saturated carbocycles. The number of allylic oxidation sites excluding steroid dienone is 1. The number of benzene rings is 1. The zero-order valence-corrected chi connectivity index (χ0v) is 17.9. The maximum Gasteiger partial charge on any atom is 0.287 e. The number of hydrogen-bond acceptors (Lipinski definition) is 8. The van der Waals surface area contributed by atoms with Gasteiger partial charge >= 0.3 is 0 Å². The summed E-state index contributed by atoms with van der Waals surface area (Å²) in [7, 11) is 0. The van der Waals surface area contributed by atoms with Crippen LogP contribution >= 0.6 is 0 Å². The number of rotatable bonds is 6. The van der Waals surface area contributed by atoms with Crippen molar-refractivity contribution in [2.24, 2.45) is 15.9 Å². The van der Waals surface area contributed by atoms with E-state index in [1.807, 2.05) is 31.2 Å². The van der Waals surface area contributed by atoms with Crippen molar-refractivity contribution >= 4 is 28.6 Å². The number of carbonyl (C=O) groups excluding carboxylic acids is 1. The maximum atomic E-state index is 12.5. The Morgan fingerprint density at radius 1 is 1.34 bits per heavy atom. The van der Waals surface area contributed by atoms with Gasteiger partial charge in [-0.2, -0.15) is 5.90 Å². The lowest BCUT2D eigenvalue weighted by Crippen LogP contribution is -2.37. The van der Waals surface area contributed by atoms with E-state index in [2.05, 4.69) is 42.3 Å². The molecule has 4 rings (SSSR count). The summed E-state index contributed by atoms with van der Waals surface area (Å²) in [5, 5.41) is 3.70. The summed E-state index contributed by atoms with van der Waals surface area (Å²) >= 11 is 0. The zero-order valence-electron chi connectivity index (χ0n) is 17.9. The smallest absolute Gasteiger partial charge is 0.287 e. The third-order valence-electron chi connectivity index (χ3n) is 4.76. The summed E-state index contributed by atoms with van der Waals surface area (Å²) in [5.41, 5.74) is 7.10. The second-order valence-corrected chi connectivity index (χ2v) is 7.41. The van der Waals surface area contributed by atoms with E-state index < -0.39 is 0 Å². The Morgan fingerprint density at radius 2 is 2.16 bits per heavy atom. The van der Waals surface area contributed by atoms with E-state index in [0.717, 1.165) is 22.2 Å². The van der Waals surface area contributed by atoms with Gasteiger partial charge in [-0.05, 0) is 32.0 Å². The minimum Gasteiger partial charge on any atom is -0.392 e. The zero-order chi connectivity index (χ0) is 22.8. The van der Waals surface area contributed by atoms with Crippen LogP contribution in [0.4, 0.5) is 0 Å². The predicted molar refractivity (Wildman–Crippen MR) is 121 cm³/mol. The molecule has 11 heteroatoms. The molecule has 3 heterocycles. The Bertz CT molecular complexity index is 1250. The number of nitrogens with two attached hydrogens (primary N) is 1. The third kappa shape index (κ3) is 4.38. The van der Waals surface area contributed by atoms with Crippen molar-refractivity contribution in [3.63, 3.8) is 0 Å². The second kappa shape index (κ2) is 8.65. The molecule has 0 spiro atoms. The first-order valence-corrected chi connectivity index (χ1v) is 9.90. The molecule has 3 aromatic rings. The van der Waals surface area contributed by atoms with Crippen molar-refractivity contribution < 1.29 is 14.5 Å². The molecule has 1 amide bonds. The molecule has 166 valence electrons. The highest BCUT2D eigenvalue weighted by atomic mass is 16.7. The Morgan fingerprint density at radius 3 is 2.84 bits per heavy atom. The molecule has 1 aromatic carbocycles. The molecule has 1 aliphatic rings. The fraction of sp³-hybridized carbons (Fsp3) is 0.238. The van der Waals surface area contributed by atoms with Gasteiger partial charge in [-0.1, -0.05) is 12.6 Å². The highest BCUT2D eigenvalue weighted by Gasteiger charge is 2.19. The summed E-state index contributed by atoms with van der Waals surface area (Å²) in [6.07, 6.45) is -0.324. The lowest BCUT2D eigenvalue weighted by Gasteiger charge is -2.06. The minimum absolute atomic E-state index is 0.222. The van der Waals surface area contributed by atoms with Crippen LogP contribution in [0.15, 0.2) is 46.5 Å². The topological polar surface area (TPSA) is 155 Å². The van der Waals surface area contributed by atoms with Crippen LogP contribution in [0.2, 0.25) is 0 Å². The lowest BCUT2D eigenvalue weighted by molar-refractivity contribution is 0.0931. The number of aromatic amines is 2. The van der Waals surface area contributed by atoms with Crippen LogP contribution in [-0.2, 0) is 9.68 Å². The number of imidazole rings is 1. The van der Waals surface area contributed by atoms with Crippen LogP contribution < -0.4 is 16.7 Å². The summed E-state index contributed by atoms with van der Waals surface area (Å²) < 4.78 is 0. The largest absolute Gasteiger partial charge is 0.392 e. The highest BCUT2D eigenvalue weighted by molar-refractivity contribution is 5.99. The van der Waals surface area contributed by atoms with E-state index >= 15 is 0 Å². The van der Waals surface area contributed by atoms with Crippen molar-refractivity contribution in [1.82, 2.24) is 25.7 Å². The SMILES string of the molecule is C=C(C)/N=C(\ON)c1cc2cc(-c3nc(C(=O)NCC4N=C(C)ON4)[nH]c3C)ccc2[nH]1. The standard InChI is InChI=1S/C21H24N8O3/c1-10(2)24-21(31-22)16-8-14-7-13(5-6-15(14)27-16)18-11(3)25-19(28-18)20(30)23-9-17-26-12(4)32-29-17/h5-8,17,27,29H,1,9,22H2,2-4H3,(H,23,30)(H,25,28)/b24-21-. The van der Waals surface area contributed by atoms with Gasteiger partial charge in [0.05, 0.1) is 12.2 Å². The molecule has 0 saturated heterocycles. The third-order valence-corrected chi connectivity index (χ3v) is 4.76. The van der Waals surface area contributed by atoms with Gasteiger partial charge in [-0.15, -0.1) is 5.48 Å². The van der Waals surface area contributed by atoms with Crippen LogP contribution in [0.25, 0.3) is 22.2 Å². The number of aryl methyl sites for hydroxylation is 1. The van der Waals surface area contributed by atoms with Crippen molar-refractivity contribution in [3.8, 4) is 11.3 Å². The first-order valence-electron chi connectivity index (χ1n) is 9.90. The van der Waals surface area contributed by atoms with Crippen molar-refractivity contribution in [2.75, 3.05) is 6.54 Å². The average molecular weight is 436 g/mol. The van der Waals surface area contributed by atoms with Gasteiger partial charge < -0.3 is 25.0 Å². The second-order valence-electron chi connectivity index (χ2n) is 7.41. The summed E-state index contributed by atoms with van der Waals surface area (Å²) in [4.78, 5) is 41.6. The van der Waals surface area contributed by atoms with E-state index in [0.29, 0.717) is 23.0 Å². The van der Waals surface area contributed by atoms with Crippen LogP contribution in [0.5, 0.6) is 0 Å². The molecule has 0 aliphatic carbocycles. The number of carbonyl (C=O) groups is 1. The number of H-pyrrole nitrogens is 2. The normalized spacial score (nSPS) is 16.1. The van der Waals surface area contributed by atoms with Crippen LogP contribution in [0.1, 0.15) is 35.9 Å². The number of nitrogens with one attached hydrogen (secondary N) is 4. The minimum atomic E-state index is -0.327.